The summed E-state index contributed by atoms with van der Waals surface area (Å²) in [6, 6.07) is -0.773. The topological polar surface area (TPSA) is 291 Å². The zero-order valence-electron chi connectivity index (χ0n) is 54.9. The molecule has 25 nitrogen and oxygen atoms in total. The Morgan fingerprint density at radius 3 is 1.64 bits per heavy atom. The first kappa shape index (κ1) is 75.0. The number of thioether (sulfide) groups is 1. The number of carbonyl (C=O) groups is 4. The third kappa shape index (κ3) is 29.3. The smallest absolute Gasteiger partial charge is 0.245 e. The zero-order valence-corrected chi connectivity index (χ0v) is 55.7. The second-order valence-corrected chi connectivity index (χ2v) is 24.7. The number of hydrogen-bond donors (Lipinski definition) is 5. The van der Waals surface area contributed by atoms with Gasteiger partial charge in [-0.2, -0.15) is 26.7 Å². The number of carbonyl (C=O) groups excluding carboxylic acids is 4. The molecule has 0 spiro atoms. The molecule has 5 heterocycles. The summed E-state index contributed by atoms with van der Waals surface area (Å²) in [5, 5.41) is 35.8. The number of hydrogen-bond acceptors (Lipinski definition) is 20. The van der Waals surface area contributed by atoms with Crippen LogP contribution < -0.4 is 31.5 Å². The highest BCUT2D eigenvalue weighted by Crippen LogP contribution is 2.24. The van der Waals surface area contributed by atoms with Crippen molar-refractivity contribution in [3.05, 3.63) is 23.8 Å². The Morgan fingerprint density at radius 2 is 1.11 bits per heavy atom. The minimum Gasteiger partial charge on any atom is -0.396 e. The van der Waals surface area contributed by atoms with Crippen LogP contribution in [0.5, 0.6) is 0 Å². The fourth-order valence-electron chi connectivity index (χ4n) is 11.1. The van der Waals surface area contributed by atoms with Gasteiger partial charge in [-0.05, 0) is 75.8 Å². The Morgan fingerprint density at radius 1 is 0.622 bits per heavy atom. The van der Waals surface area contributed by atoms with Gasteiger partial charge >= 0.3 is 0 Å². The summed E-state index contributed by atoms with van der Waals surface area (Å²) in [6.45, 7) is 13.9. The van der Waals surface area contributed by atoms with E-state index in [-0.39, 0.29) is 48.8 Å². The standard InChI is InChI=1S/C64H111N17O8S/c1-5-44-87-46-48-89-49-47-88-45-34-68-62-69-63(78-39-35-76(36-40-78)57(83)27-21-15-11-7-9-13-17-24-32-66-60(85)56(30-50-90-4)80-51-55(29-43-82)73-74-80)71-64(70-62)79-41-37-77(38-42-79)58(84)28-22-16-12-8-10-14-18-25-33-67-61(86)59(53(3)6-2)81-52-54(72-75-81)26-20-19-23-31-65/h1,51-53,56,59,82H,6-50,65H2,2-4H3,(H,66,85)(H,67,86)(H,68,69,70,71)/t53-,56+,59-/m0/s1. The molecule has 506 valence electrons. The number of terminal acetylenes is 1. The Hall–Kier alpha value is -5.72. The number of aliphatic hydroxyl groups excluding tert-OH is 1. The number of nitrogens with one attached hydrogen (secondary N) is 3. The van der Waals surface area contributed by atoms with E-state index >= 15 is 0 Å². The molecule has 3 aromatic rings. The molecule has 6 N–H and O–H groups in total. The fraction of sp³-hybridized carbons (Fsp3) is 0.797. The van der Waals surface area contributed by atoms with Crippen LogP contribution in [0.4, 0.5) is 17.8 Å². The Bertz CT molecular complexity index is 2470. The van der Waals surface area contributed by atoms with E-state index in [1.165, 1.54) is 0 Å². The number of piperazine rings is 2. The highest BCUT2D eigenvalue weighted by Gasteiger charge is 2.29. The molecule has 0 radical (unpaired) electrons. The molecule has 0 aliphatic carbocycles. The number of aryl methyl sites for hydroxylation is 1. The van der Waals surface area contributed by atoms with Crippen molar-refractivity contribution in [3.8, 4) is 12.3 Å². The van der Waals surface area contributed by atoms with E-state index in [0.29, 0.717) is 161 Å². The molecular formula is C64H111N17O8S. The van der Waals surface area contributed by atoms with Gasteiger partial charge in [0.25, 0.3) is 0 Å². The zero-order chi connectivity index (χ0) is 64.2. The van der Waals surface area contributed by atoms with Gasteiger partial charge in [-0.25, -0.2) is 9.36 Å². The maximum atomic E-state index is 13.4. The lowest BCUT2D eigenvalue weighted by Crippen LogP contribution is -2.50. The number of ether oxygens (including phenoxy) is 3. The molecule has 4 amide bonds. The number of rotatable bonds is 51. The summed E-state index contributed by atoms with van der Waals surface area (Å²) in [6.07, 6.45) is 34.7. The van der Waals surface area contributed by atoms with Gasteiger partial charge in [-0.15, -0.1) is 16.6 Å². The van der Waals surface area contributed by atoms with Crippen LogP contribution in [0.3, 0.4) is 0 Å². The number of nitrogens with two attached hydrogens (primary N) is 1. The number of unbranched alkanes of at least 4 members (excludes halogenated alkanes) is 16. The molecule has 0 unspecified atom stereocenters. The van der Waals surface area contributed by atoms with Gasteiger partial charge in [0.1, 0.15) is 18.7 Å². The molecule has 5 rings (SSSR count). The number of amides is 4. The predicted molar refractivity (Wildman–Crippen MR) is 354 cm³/mol. The molecule has 2 aliphatic rings. The van der Waals surface area contributed by atoms with Crippen LogP contribution in [-0.2, 0) is 46.2 Å². The summed E-state index contributed by atoms with van der Waals surface area (Å²) in [5.41, 5.74) is 7.24. The lowest BCUT2D eigenvalue weighted by atomic mass is 9.98. The average molecular weight is 1280 g/mol. The third-order valence-electron chi connectivity index (χ3n) is 16.7. The van der Waals surface area contributed by atoms with Gasteiger partial charge in [0.05, 0.1) is 44.4 Å². The quantitative estimate of drug-likeness (QED) is 0.0311. The molecular weight excluding hydrogens is 1170 g/mol. The summed E-state index contributed by atoms with van der Waals surface area (Å²) < 4.78 is 20.0. The highest BCUT2D eigenvalue weighted by molar-refractivity contribution is 7.98. The molecule has 0 bridgehead atoms. The normalized spacial score (nSPS) is 14.6. The monoisotopic (exact) mass is 1280 g/mol. The van der Waals surface area contributed by atoms with Crippen LogP contribution in [0, 0.1) is 18.3 Å². The van der Waals surface area contributed by atoms with Crippen molar-refractivity contribution >= 4 is 53.2 Å². The van der Waals surface area contributed by atoms with E-state index in [2.05, 4.69) is 66.1 Å². The van der Waals surface area contributed by atoms with Crippen LogP contribution in [0.25, 0.3) is 0 Å². The molecule has 0 aromatic carbocycles. The average Bonchev–Trinajstić information content (AvgIpc) is 1.71. The van der Waals surface area contributed by atoms with Crippen molar-refractivity contribution in [2.75, 3.05) is 152 Å². The summed E-state index contributed by atoms with van der Waals surface area (Å²) in [5.74, 6) is 5.34. The van der Waals surface area contributed by atoms with E-state index < -0.39 is 6.04 Å². The Balaban J connectivity index is 0.955. The maximum absolute atomic E-state index is 13.4. The van der Waals surface area contributed by atoms with E-state index in [9.17, 15) is 24.3 Å². The minimum absolute atomic E-state index is 0.00474. The number of anilines is 3. The van der Waals surface area contributed by atoms with Crippen LogP contribution in [0.15, 0.2) is 12.4 Å². The lowest BCUT2D eigenvalue weighted by molar-refractivity contribution is -0.132. The van der Waals surface area contributed by atoms with Gasteiger partial charge in [0.15, 0.2) is 0 Å². The second kappa shape index (κ2) is 46.4. The first-order valence-electron chi connectivity index (χ1n) is 34.0. The summed E-state index contributed by atoms with van der Waals surface area (Å²) in [7, 11) is 0. The molecule has 3 aromatic heterocycles. The van der Waals surface area contributed by atoms with Gasteiger partial charge in [-0.3, -0.25) is 19.2 Å². The third-order valence-corrected chi connectivity index (χ3v) is 17.4. The number of aliphatic hydroxyl groups is 1. The van der Waals surface area contributed by atoms with Crippen molar-refractivity contribution in [3.63, 3.8) is 0 Å². The number of nitrogens with zero attached hydrogens (tertiary/aromatic N) is 13. The van der Waals surface area contributed by atoms with Crippen molar-refractivity contribution < 1.29 is 38.5 Å². The minimum atomic E-state index is -0.408. The van der Waals surface area contributed by atoms with Gasteiger partial charge < -0.3 is 60.6 Å². The van der Waals surface area contributed by atoms with E-state index in [1.807, 2.05) is 22.3 Å². The maximum Gasteiger partial charge on any atom is 0.245 e. The molecule has 2 aliphatic heterocycles. The van der Waals surface area contributed by atoms with Crippen LogP contribution in [0.1, 0.15) is 185 Å². The van der Waals surface area contributed by atoms with E-state index in [0.717, 1.165) is 146 Å². The van der Waals surface area contributed by atoms with Crippen LogP contribution >= 0.6 is 11.8 Å². The van der Waals surface area contributed by atoms with Crippen LogP contribution in [-0.4, -0.2) is 220 Å². The van der Waals surface area contributed by atoms with Gasteiger partial charge in [0.2, 0.25) is 41.5 Å². The fourth-order valence-corrected chi connectivity index (χ4v) is 11.5. The lowest BCUT2D eigenvalue weighted by Gasteiger charge is -2.36. The highest BCUT2D eigenvalue weighted by atomic mass is 32.2. The molecule has 2 fully saturated rings. The molecule has 0 saturated carbocycles. The Labute approximate surface area is 541 Å². The molecule has 26 heteroatoms. The molecule has 3 atom stereocenters. The predicted octanol–water partition coefficient (Wildman–Crippen LogP) is 6.19. The second-order valence-electron chi connectivity index (χ2n) is 23.7. The van der Waals surface area contributed by atoms with Crippen molar-refractivity contribution in [1.82, 2.24) is 65.4 Å². The van der Waals surface area contributed by atoms with Crippen molar-refractivity contribution in [1.29, 1.82) is 0 Å². The molecule has 90 heavy (non-hydrogen) atoms. The van der Waals surface area contributed by atoms with E-state index in [4.69, 9.17) is 41.3 Å². The SMILES string of the molecule is C#CCOCCOCCOCCNc1nc(N2CCN(C(=O)CCCCCCCCCCNC(=O)[C@@H](CCSC)n3cc(CCO)nn3)CC2)nc(N2CCN(C(=O)CCCCCCCCCCNC(=O)[C@H]([C@@H](C)CC)n3cc(CCCCCN)nn3)CC2)n1. The van der Waals surface area contributed by atoms with E-state index in [1.54, 1.807) is 27.3 Å². The Kier molecular flexibility index (Phi) is 38.6. The van der Waals surface area contributed by atoms with Crippen molar-refractivity contribution in [2.24, 2.45) is 11.7 Å². The first-order valence-corrected chi connectivity index (χ1v) is 35.4. The van der Waals surface area contributed by atoms with Gasteiger partial charge in [-0.1, -0.05) is 120 Å². The largest absolute Gasteiger partial charge is 0.396 e. The first-order chi connectivity index (χ1) is 44.1. The summed E-state index contributed by atoms with van der Waals surface area (Å²) in [4.78, 5) is 76.0. The van der Waals surface area contributed by atoms with Crippen LogP contribution in [0.2, 0.25) is 0 Å². The van der Waals surface area contributed by atoms with Crippen molar-refractivity contribution in [2.45, 2.75) is 186 Å². The molecule has 2 saturated heterocycles. The number of aromatic nitrogens is 9. The summed E-state index contributed by atoms with van der Waals surface area (Å²) >= 11 is 1.69. The van der Waals surface area contributed by atoms with Gasteiger partial charge in [0, 0.05) is 110 Å².